The fourth-order valence-electron chi connectivity index (χ4n) is 3.38. The van der Waals surface area contributed by atoms with Crippen molar-refractivity contribution in [1.29, 1.82) is 0 Å². The number of benzene rings is 2. The van der Waals surface area contributed by atoms with E-state index in [1.807, 2.05) is 23.6 Å². The van der Waals surface area contributed by atoms with E-state index in [0.717, 1.165) is 5.56 Å². The summed E-state index contributed by atoms with van der Waals surface area (Å²) in [7, 11) is 0. The molecule has 1 fully saturated rings. The zero-order valence-corrected chi connectivity index (χ0v) is 17.1. The Kier molecular flexibility index (Phi) is 7.12. The van der Waals surface area contributed by atoms with Crippen LogP contribution in [-0.4, -0.2) is 60.4 Å². The van der Waals surface area contributed by atoms with Crippen molar-refractivity contribution in [3.8, 4) is 0 Å². The highest BCUT2D eigenvalue weighted by molar-refractivity contribution is 5.95. The van der Waals surface area contributed by atoms with Crippen LogP contribution in [-0.2, 0) is 9.59 Å². The highest BCUT2D eigenvalue weighted by atomic mass is 19.1. The number of anilines is 2. The Morgan fingerprint density at radius 1 is 0.967 bits per heavy atom. The predicted molar refractivity (Wildman–Crippen MR) is 112 cm³/mol. The van der Waals surface area contributed by atoms with Gasteiger partial charge in [0.15, 0.2) is 0 Å². The number of hydrogen-bond donors (Lipinski definition) is 2. The second kappa shape index (κ2) is 9.77. The lowest BCUT2D eigenvalue weighted by atomic mass is 10.1. The molecule has 1 saturated heterocycles. The van der Waals surface area contributed by atoms with Crippen molar-refractivity contribution in [3.05, 3.63) is 59.7 Å². The molecular formula is C22H26F2N4O2. The fraction of sp³-hybridized carbons (Fsp3) is 0.364. The monoisotopic (exact) mass is 416 g/mol. The lowest BCUT2D eigenvalue weighted by molar-refractivity contribution is -0.122. The average molecular weight is 416 g/mol. The van der Waals surface area contributed by atoms with Crippen molar-refractivity contribution in [2.24, 2.45) is 0 Å². The number of amides is 2. The van der Waals surface area contributed by atoms with E-state index in [2.05, 4.69) is 10.6 Å². The molecule has 0 aliphatic carbocycles. The van der Waals surface area contributed by atoms with E-state index in [-0.39, 0.29) is 30.2 Å². The quantitative estimate of drug-likeness (QED) is 0.760. The number of halogens is 2. The van der Waals surface area contributed by atoms with Crippen LogP contribution in [0.2, 0.25) is 0 Å². The van der Waals surface area contributed by atoms with Gasteiger partial charge in [-0.1, -0.05) is 6.07 Å². The maximum Gasteiger partial charge on any atom is 0.241 e. The molecule has 0 spiro atoms. The molecule has 30 heavy (non-hydrogen) atoms. The lowest BCUT2D eigenvalue weighted by Gasteiger charge is -2.37. The van der Waals surface area contributed by atoms with Crippen LogP contribution in [0.15, 0.2) is 42.5 Å². The van der Waals surface area contributed by atoms with Gasteiger partial charge < -0.3 is 10.6 Å². The molecule has 6 nitrogen and oxygen atoms in total. The van der Waals surface area contributed by atoms with Gasteiger partial charge in [0, 0.05) is 37.6 Å². The first-order valence-corrected chi connectivity index (χ1v) is 9.90. The highest BCUT2D eigenvalue weighted by Gasteiger charge is 2.26. The minimum absolute atomic E-state index is 0.164. The van der Waals surface area contributed by atoms with E-state index in [0.29, 0.717) is 37.6 Å². The van der Waals surface area contributed by atoms with E-state index in [1.54, 1.807) is 6.07 Å². The Morgan fingerprint density at radius 2 is 1.60 bits per heavy atom. The summed E-state index contributed by atoms with van der Waals surface area (Å²) in [6.45, 7) is 6.44. The third kappa shape index (κ3) is 5.84. The highest BCUT2D eigenvalue weighted by Crippen LogP contribution is 2.17. The molecule has 1 unspecified atom stereocenters. The maximum atomic E-state index is 13.4. The Hall–Kier alpha value is -2.84. The number of hydrogen-bond acceptors (Lipinski definition) is 4. The van der Waals surface area contributed by atoms with Gasteiger partial charge in [0.05, 0.1) is 12.6 Å². The van der Waals surface area contributed by atoms with Gasteiger partial charge in [-0.2, -0.15) is 0 Å². The zero-order chi connectivity index (χ0) is 21.7. The van der Waals surface area contributed by atoms with E-state index in [4.69, 9.17) is 0 Å². The number of carbonyl (C=O) groups is 2. The normalized spacial score (nSPS) is 16.1. The van der Waals surface area contributed by atoms with Crippen molar-refractivity contribution in [2.45, 2.75) is 19.9 Å². The van der Waals surface area contributed by atoms with Crippen molar-refractivity contribution in [3.63, 3.8) is 0 Å². The van der Waals surface area contributed by atoms with Crippen LogP contribution in [0.3, 0.4) is 0 Å². The SMILES string of the molecule is Cc1ccc(F)cc1NC(=O)C(C)N1CCN(CC(=O)Nc2ccc(F)cc2)CC1. The van der Waals surface area contributed by atoms with E-state index >= 15 is 0 Å². The third-order valence-corrected chi connectivity index (χ3v) is 5.29. The minimum Gasteiger partial charge on any atom is -0.325 e. The van der Waals surface area contributed by atoms with Gasteiger partial charge in [0.1, 0.15) is 11.6 Å². The average Bonchev–Trinajstić information content (AvgIpc) is 2.72. The van der Waals surface area contributed by atoms with Crippen LogP contribution in [0.4, 0.5) is 20.2 Å². The second-order valence-electron chi connectivity index (χ2n) is 7.49. The first-order chi connectivity index (χ1) is 14.3. The summed E-state index contributed by atoms with van der Waals surface area (Å²) in [5, 5.41) is 5.55. The second-order valence-corrected chi connectivity index (χ2v) is 7.49. The van der Waals surface area contributed by atoms with Gasteiger partial charge in [-0.05, 0) is 55.8 Å². The molecule has 1 heterocycles. The van der Waals surface area contributed by atoms with Crippen molar-refractivity contribution in [2.75, 3.05) is 43.4 Å². The van der Waals surface area contributed by atoms with Gasteiger partial charge in [0.2, 0.25) is 11.8 Å². The third-order valence-electron chi connectivity index (χ3n) is 5.29. The van der Waals surface area contributed by atoms with Crippen LogP contribution < -0.4 is 10.6 Å². The van der Waals surface area contributed by atoms with Crippen molar-refractivity contribution < 1.29 is 18.4 Å². The number of nitrogens with zero attached hydrogens (tertiary/aromatic N) is 2. The van der Waals surface area contributed by atoms with Gasteiger partial charge in [-0.15, -0.1) is 0 Å². The summed E-state index contributed by atoms with van der Waals surface area (Å²) in [6.07, 6.45) is 0. The van der Waals surface area contributed by atoms with Crippen molar-refractivity contribution >= 4 is 23.2 Å². The molecule has 160 valence electrons. The van der Waals surface area contributed by atoms with Crippen LogP contribution >= 0.6 is 0 Å². The Labute approximate surface area is 174 Å². The van der Waals surface area contributed by atoms with Crippen LogP contribution in [0.1, 0.15) is 12.5 Å². The number of nitrogens with one attached hydrogen (secondary N) is 2. The maximum absolute atomic E-state index is 13.4. The first-order valence-electron chi connectivity index (χ1n) is 9.90. The standard InChI is InChI=1S/C22H26F2N4O2/c1-15-3-4-18(24)13-20(15)26-22(30)16(2)28-11-9-27(10-12-28)14-21(29)25-19-7-5-17(23)6-8-19/h3-8,13,16H,9-12,14H2,1-2H3,(H,25,29)(H,26,30). The zero-order valence-electron chi connectivity index (χ0n) is 17.1. The Balaban J connectivity index is 1.46. The largest absolute Gasteiger partial charge is 0.325 e. The van der Waals surface area contributed by atoms with Gasteiger partial charge in [0.25, 0.3) is 0 Å². The topological polar surface area (TPSA) is 64.7 Å². The minimum atomic E-state index is -0.393. The van der Waals surface area contributed by atoms with E-state index in [9.17, 15) is 18.4 Å². The summed E-state index contributed by atoms with van der Waals surface area (Å²) < 4.78 is 26.4. The van der Waals surface area contributed by atoms with E-state index < -0.39 is 5.82 Å². The summed E-state index contributed by atoms with van der Waals surface area (Å²) in [5.74, 6) is -1.10. The molecule has 0 aromatic heterocycles. The molecular weight excluding hydrogens is 390 g/mol. The number of piperazine rings is 1. The molecule has 0 saturated carbocycles. The molecule has 0 bridgehead atoms. The molecule has 1 atom stereocenters. The summed E-state index contributed by atoms with van der Waals surface area (Å²) in [4.78, 5) is 28.8. The summed E-state index contributed by atoms with van der Waals surface area (Å²) in [5.41, 5.74) is 1.83. The van der Waals surface area contributed by atoms with Gasteiger partial charge in [-0.3, -0.25) is 19.4 Å². The van der Waals surface area contributed by atoms with Crippen LogP contribution in [0.5, 0.6) is 0 Å². The predicted octanol–water partition coefficient (Wildman–Crippen LogP) is 2.86. The van der Waals surface area contributed by atoms with Crippen molar-refractivity contribution in [1.82, 2.24) is 9.80 Å². The summed E-state index contributed by atoms with van der Waals surface area (Å²) >= 11 is 0. The fourth-order valence-corrected chi connectivity index (χ4v) is 3.38. The number of rotatable bonds is 6. The molecule has 2 amide bonds. The molecule has 2 N–H and O–H groups in total. The Bertz CT molecular complexity index is 897. The molecule has 8 heteroatoms. The number of aryl methyl sites for hydroxylation is 1. The molecule has 3 rings (SSSR count). The summed E-state index contributed by atoms with van der Waals surface area (Å²) in [6, 6.07) is 9.57. The molecule has 1 aliphatic heterocycles. The molecule has 2 aromatic rings. The molecule has 2 aromatic carbocycles. The van der Waals surface area contributed by atoms with Gasteiger partial charge in [-0.25, -0.2) is 8.78 Å². The number of carbonyl (C=O) groups excluding carboxylic acids is 2. The van der Waals surface area contributed by atoms with Crippen LogP contribution in [0.25, 0.3) is 0 Å². The van der Waals surface area contributed by atoms with Crippen LogP contribution in [0, 0.1) is 18.6 Å². The van der Waals surface area contributed by atoms with Gasteiger partial charge >= 0.3 is 0 Å². The lowest BCUT2D eigenvalue weighted by Crippen LogP contribution is -2.53. The first kappa shape index (κ1) is 21.9. The molecule has 0 radical (unpaired) electrons. The Morgan fingerprint density at radius 3 is 2.27 bits per heavy atom. The van der Waals surface area contributed by atoms with E-state index in [1.165, 1.54) is 36.4 Å². The molecule has 1 aliphatic rings. The smallest absolute Gasteiger partial charge is 0.241 e.